The van der Waals surface area contributed by atoms with E-state index in [9.17, 15) is 18.8 Å². The SMILES string of the molecule is CCOC(=O)c1c(-c2ccccc2)csc1NC(=O)COC(=O)COc1ccccc1F. The molecule has 0 aliphatic carbocycles. The summed E-state index contributed by atoms with van der Waals surface area (Å²) >= 11 is 1.16. The summed E-state index contributed by atoms with van der Waals surface area (Å²) in [4.78, 5) is 36.6. The topological polar surface area (TPSA) is 90.9 Å². The highest BCUT2D eigenvalue weighted by molar-refractivity contribution is 7.15. The smallest absolute Gasteiger partial charge is 0.344 e. The molecule has 0 saturated heterocycles. The molecule has 7 nitrogen and oxygen atoms in total. The second kappa shape index (κ2) is 11.1. The quantitative estimate of drug-likeness (QED) is 0.482. The summed E-state index contributed by atoms with van der Waals surface area (Å²) in [6, 6.07) is 14.8. The lowest BCUT2D eigenvalue weighted by Crippen LogP contribution is -2.24. The van der Waals surface area contributed by atoms with Crippen molar-refractivity contribution < 1.29 is 33.0 Å². The first-order chi connectivity index (χ1) is 15.5. The van der Waals surface area contributed by atoms with Gasteiger partial charge in [0.25, 0.3) is 5.91 Å². The fraction of sp³-hybridized carbons (Fsp3) is 0.174. The van der Waals surface area contributed by atoms with E-state index in [1.807, 2.05) is 30.3 Å². The Bertz CT molecular complexity index is 1100. The van der Waals surface area contributed by atoms with E-state index in [2.05, 4.69) is 5.32 Å². The maximum atomic E-state index is 13.5. The van der Waals surface area contributed by atoms with Crippen molar-refractivity contribution in [1.29, 1.82) is 0 Å². The Labute approximate surface area is 187 Å². The highest BCUT2D eigenvalue weighted by Crippen LogP contribution is 2.36. The molecule has 1 heterocycles. The van der Waals surface area contributed by atoms with Crippen LogP contribution in [0.4, 0.5) is 9.39 Å². The maximum Gasteiger partial charge on any atom is 0.344 e. The van der Waals surface area contributed by atoms with Gasteiger partial charge in [0.15, 0.2) is 24.8 Å². The zero-order valence-electron chi connectivity index (χ0n) is 17.1. The molecule has 0 radical (unpaired) electrons. The molecule has 2 aromatic carbocycles. The van der Waals surface area contributed by atoms with E-state index in [0.29, 0.717) is 5.56 Å². The molecule has 32 heavy (non-hydrogen) atoms. The van der Waals surface area contributed by atoms with Crippen LogP contribution in [0, 0.1) is 5.82 Å². The highest BCUT2D eigenvalue weighted by Gasteiger charge is 2.23. The van der Waals surface area contributed by atoms with Crippen molar-refractivity contribution in [2.24, 2.45) is 0 Å². The number of rotatable bonds is 9. The number of carbonyl (C=O) groups excluding carboxylic acids is 3. The molecular formula is C23H20FNO6S. The van der Waals surface area contributed by atoms with Crippen LogP contribution in [0.25, 0.3) is 11.1 Å². The average Bonchev–Trinajstić information content (AvgIpc) is 3.21. The van der Waals surface area contributed by atoms with E-state index in [1.54, 1.807) is 18.4 Å². The lowest BCUT2D eigenvalue weighted by atomic mass is 10.0. The molecule has 0 aliphatic heterocycles. The number of hydrogen-bond donors (Lipinski definition) is 1. The number of para-hydroxylation sites is 1. The molecule has 0 unspecified atom stereocenters. The predicted octanol–water partition coefficient (Wildman–Crippen LogP) is 4.29. The lowest BCUT2D eigenvalue weighted by molar-refractivity contribution is -0.149. The Kier molecular flexibility index (Phi) is 7.93. The number of anilines is 1. The summed E-state index contributed by atoms with van der Waals surface area (Å²) in [7, 11) is 0. The van der Waals surface area contributed by atoms with Crippen molar-refractivity contribution in [1.82, 2.24) is 0 Å². The van der Waals surface area contributed by atoms with E-state index < -0.39 is 36.9 Å². The van der Waals surface area contributed by atoms with Crippen LogP contribution in [-0.2, 0) is 19.1 Å². The molecule has 166 valence electrons. The Hall–Kier alpha value is -3.72. The van der Waals surface area contributed by atoms with Crippen molar-refractivity contribution in [2.75, 3.05) is 25.1 Å². The first-order valence-electron chi connectivity index (χ1n) is 9.66. The molecule has 0 fully saturated rings. The molecule has 0 atom stereocenters. The van der Waals surface area contributed by atoms with Gasteiger partial charge in [-0.2, -0.15) is 0 Å². The minimum absolute atomic E-state index is 0.0972. The molecule has 1 aromatic heterocycles. The third-order valence-corrected chi connectivity index (χ3v) is 5.05. The van der Waals surface area contributed by atoms with Gasteiger partial charge in [0.1, 0.15) is 10.6 Å². The third-order valence-electron chi connectivity index (χ3n) is 4.15. The van der Waals surface area contributed by atoms with Crippen molar-refractivity contribution >= 4 is 34.2 Å². The van der Waals surface area contributed by atoms with Crippen LogP contribution >= 0.6 is 11.3 Å². The van der Waals surface area contributed by atoms with Crippen LogP contribution in [0.1, 0.15) is 17.3 Å². The van der Waals surface area contributed by atoms with Crippen LogP contribution in [-0.4, -0.2) is 37.7 Å². The van der Waals surface area contributed by atoms with Gasteiger partial charge in [0.05, 0.1) is 6.61 Å². The number of thiophene rings is 1. The standard InChI is InChI=1S/C23H20FNO6S/c1-2-29-23(28)21-16(15-8-4-3-5-9-15)14-32-22(21)25-19(26)12-31-20(27)13-30-18-11-7-6-10-17(18)24/h3-11,14H,2,12-13H2,1H3,(H,25,26). The summed E-state index contributed by atoms with van der Waals surface area (Å²) in [5, 5.41) is 4.60. The fourth-order valence-electron chi connectivity index (χ4n) is 2.73. The summed E-state index contributed by atoms with van der Waals surface area (Å²) < 4.78 is 28.5. The number of ether oxygens (including phenoxy) is 3. The summed E-state index contributed by atoms with van der Waals surface area (Å²) in [6.07, 6.45) is 0. The zero-order valence-corrected chi connectivity index (χ0v) is 17.9. The van der Waals surface area contributed by atoms with E-state index >= 15 is 0 Å². The van der Waals surface area contributed by atoms with Crippen molar-refractivity contribution in [2.45, 2.75) is 6.92 Å². The molecule has 1 amide bonds. The van der Waals surface area contributed by atoms with Gasteiger partial charge in [0, 0.05) is 10.9 Å². The largest absolute Gasteiger partial charge is 0.479 e. The Morgan fingerprint density at radius 3 is 2.41 bits per heavy atom. The second-order valence-corrected chi connectivity index (χ2v) is 7.25. The van der Waals surface area contributed by atoms with Gasteiger partial charge < -0.3 is 19.5 Å². The molecular weight excluding hydrogens is 437 g/mol. The van der Waals surface area contributed by atoms with Gasteiger partial charge >= 0.3 is 11.9 Å². The van der Waals surface area contributed by atoms with E-state index in [0.717, 1.165) is 16.9 Å². The van der Waals surface area contributed by atoms with Gasteiger partial charge in [-0.3, -0.25) is 4.79 Å². The number of esters is 2. The number of amides is 1. The first-order valence-corrected chi connectivity index (χ1v) is 10.5. The predicted molar refractivity (Wildman–Crippen MR) is 117 cm³/mol. The Balaban J connectivity index is 1.62. The van der Waals surface area contributed by atoms with Crippen LogP contribution in [0.15, 0.2) is 60.0 Å². The van der Waals surface area contributed by atoms with Crippen LogP contribution in [0.5, 0.6) is 5.75 Å². The van der Waals surface area contributed by atoms with Crippen LogP contribution in [0.2, 0.25) is 0 Å². The van der Waals surface area contributed by atoms with Crippen molar-refractivity contribution in [3.8, 4) is 16.9 Å². The molecule has 3 aromatic rings. The molecule has 0 saturated carbocycles. The number of hydrogen-bond acceptors (Lipinski definition) is 7. The van der Waals surface area contributed by atoms with Crippen LogP contribution in [0.3, 0.4) is 0 Å². The number of benzene rings is 2. The van der Waals surface area contributed by atoms with Gasteiger partial charge in [-0.15, -0.1) is 11.3 Å². The van der Waals surface area contributed by atoms with E-state index in [4.69, 9.17) is 14.2 Å². The summed E-state index contributed by atoms with van der Waals surface area (Å²) in [6.45, 7) is 0.712. The van der Waals surface area contributed by atoms with Gasteiger partial charge in [-0.1, -0.05) is 42.5 Å². The second-order valence-electron chi connectivity index (χ2n) is 6.37. The number of nitrogens with one attached hydrogen (secondary N) is 1. The Morgan fingerprint density at radius 2 is 1.69 bits per heavy atom. The number of carbonyl (C=O) groups is 3. The van der Waals surface area contributed by atoms with Gasteiger partial charge in [-0.05, 0) is 24.6 Å². The highest BCUT2D eigenvalue weighted by atomic mass is 32.1. The third kappa shape index (κ3) is 5.92. The molecule has 0 spiro atoms. The zero-order chi connectivity index (χ0) is 22.9. The Morgan fingerprint density at radius 1 is 0.969 bits per heavy atom. The molecule has 1 N–H and O–H groups in total. The maximum absolute atomic E-state index is 13.5. The molecule has 3 rings (SSSR count). The van der Waals surface area contributed by atoms with E-state index in [1.165, 1.54) is 18.2 Å². The van der Waals surface area contributed by atoms with Gasteiger partial charge in [-0.25, -0.2) is 14.0 Å². The summed E-state index contributed by atoms with van der Waals surface area (Å²) in [5.41, 5.74) is 1.65. The first kappa shape index (κ1) is 23.0. The minimum Gasteiger partial charge on any atom is -0.479 e. The average molecular weight is 457 g/mol. The molecule has 9 heteroatoms. The van der Waals surface area contributed by atoms with E-state index in [-0.39, 0.29) is 22.9 Å². The number of halogens is 1. The van der Waals surface area contributed by atoms with Crippen molar-refractivity contribution in [3.05, 3.63) is 71.4 Å². The molecule has 0 bridgehead atoms. The molecule has 0 aliphatic rings. The fourth-order valence-corrected chi connectivity index (χ4v) is 3.71. The monoisotopic (exact) mass is 457 g/mol. The van der Waals surface area contributed by atoms with Gasteiger partial charge in [0.2, 0.25) is 0 Å². The van der Waals surface area contributed by atoms with Crippen LogP contribution < -0.4 is 10.1 Å². The normalized spacial score (nSPS) is 10.3. The lowest BCUT2D eigenvalue weighted by Gasteiger charge is -2.10. The summed E-state index contributed by atoms with van der Waals surface area (Å²) in [5.74, 6) is -2.77. The van der Waals surface area contributed by atoms with Crippen molar-refractivity contribution in [3.63, 3.8) is 0 Å². The minimum atomic E-state index is -0.842.